The Balaban J connectivity index is 2.77. The molecule has 2 rings (SSSR count). The van der Waals surface area contributed by atoms with Gasteiger partial charge in [0.15, 0.2) is 0 Å². The number of non-ortho nitro benzene ring substituents is 1. The molecule has 0 amide bonds. The summed E-state index contributed by atoms with van der Waals surface area (Å²) in [5.74, 6) is 0. The first-order chi connectivity index (χ1) is 6.59. The van der Waals surface area contributed by atoms with Crippen LogP contribution in [0.5, 0.6) is 0 Å². The van der Waals surface area contributed by atoms with Gasteiger partial charge in [0.25, 0.3) is 0 Å². The molecule has 0 spiro atoms. The number of benzene rings is 1. The summed E-state index contributed by atoms with van der Waals surface area (Å²) in [5, 5.41) is 15.5. The van der Waals surface area contributed by atoms with E-state index >= 15 is 0 Å². The molecular formula is C7H3BrN3O2Tl. The van der Waals surface area contributed by atoms with E-state index in [1.807, 2.05) is 2.49 Å². The molecule has 0 aliphatic rings. The van der Waals surface area contributed by atoms with Crippen molar-refractivity contribution in [2.45, 2.75) is 0 Å². The molecule has 0 N–H and O–H groups in total. The van der Waals surface area contributed by atoms with Crippen LogP contribution in [0, 0.1) is 10.1 Å². The van der Waals surface area contributed by atoms with Crippen LogP contribution in [0.1, 0.15) is 0 Å². The molecule has 0 bridgehead atoms. The Morgan fingerprint density at radius 2 is 2.29 bits per heavy atom. The maximum absolute atomic E-state index is 10.5. The Bertz CT molecular complexity index is 525. The van der Waals surface area contributed by atoms with Crippen molar-refractivity contribution in [2.75, 3.05) is 0 Å². The molecular weight excluding hydrogens is 442 g/mol. The normalized spacial score (nSPS) is 10.6. The van der Waals surface area contributed by atoms with Crippen LogP contribution in [0.15, 0.2) is 22.8 Å². The number of aromatic nitrogens is 2. The van der Waals surface area contributed by atoms with E-state index in [0.29, 0.717) is 30.7 Å². The molecule has 14 heavy (non-hydrogen) atoms. The van der Waals surface area contributed by atoms with Crippen LogP contribution in [0.3, 0.4) is 0 Å². The van der Waals surface area contributed by atoms with E-state index in [2.05, 4.69) is 21.0 Å². The SMILES string of the molecule is O=[N+]([O-])c1ccc2c(c1)c(Br)n[n]2[Tl]. The number of nitrogens with zero attached hydrogens (tertiary/aromatic N) is 3. The van der Waals surface area contributed by atoms with Gasteiger partial charge >= 0.3 is 104 Å². The van der Waals surface area contributed by atoms with Crippen molar-refractivity contribution in [2.24, 2.45) is 0 Å². The summed E-state index contributed by atoms with van der Waals surface area (Å²) in [6.07, 6.45) is 0. The van der Waals surface area contributed by atoms with Crippen LogP contribution in [0.25, 0.3) is 10.9 Å². The third-order valence-electron chi connectivity index (χ3n) is 1.86. The van der Waals surface area contributed by atoms with Crippen LogP contribution in [0.2, 0.25) is 0 Å². The average molecular weight is 445 g/mol. The molecule has 68 valence electrons. The Morgan fingerprint density at radius 1 is 1.57 bits per heavy atom. The maximum atomic E-state index is 10.5. The quantitative estimate of drug-likeness (QED) is 0.381. The molecule has 0 unspecified atom stereocenters. The van der Waals surface area contributed by atoms with Crippen molar-refractivity contribution in [1.82, 2.24) is 7.59 Å². The Hall–Kier alpha value is -0.508. The summed E-state index contributed by atoms with van der Waals surface area (Å²) < 4.78 is 2.50. The van der Waals surface area contributed by atoms with Gasteiger partial charge in [0.1, 0.15) is 0 Å². The molecule has 0 saturated heterocycles. The van der Waals surface area contributed by atoms with Gasteiger partial charge in [-0.3, -0.25) is 0 Å². The number of fused-ring (bicyclic) bond motifs is 1. The molecule has 0 radical (unpaired) electrons. The Morgan fingerprint density at radius 3 is 2.93 bits per heavy atom. The number of nitro groups is 1. The Kier molecular flexibility index (Phi) is 2.56. The van der Waals surface area contributed by atoms with Crippen molar-refractivity contribution < 1.29 is 4.92 Å². The molecule has 0 aliphatic heterocycles. The zero-order chi connectivity index (χ0) is 10.3. The van der Waals surface area contributed by atoms with Gasteiger partial charge in [-0.25, -0.2) is 0 Å². The standard InChI is InChI=1S/C7H3BrN3O2.Tl/c8-7-5-3-4(11(12)13)1-2-6(5)9-10-7;/h1-3H;/q-1;+1. The molecule has 0 saturated carbocycles. The predicted octanol–water partition coefficient (Wildman–Crippen LogP) is 1.64. The molecule has 0 fully saturated rings. The van der Waals surface area contributed by atoms with Gasteiger partial charge in [-0.1, -0.05) is 0 Å². The first-order valence-electron chi connectivity index (χ1n) is 3.67. The number of nitro benzene ring substituents is 1. The van der Waals surface area contributed by atoms with Crippen LogP contribution in [-0.2, 0) is 0 Å². The number of hydrogen-bond donors (Lipinski definition) is 0. The van der Waals surface area contributed by atoms with Crippen molar-refractivity contribution in [3.63, 3.8) is 0 Å². The third-order valence-corrected chi connectivity index (χ3v) is 3.97. The molecule has 1 heterocycles. The third kappa shape index (κ3) is 1.56. The summed E-state index contributed by atoms with van der Waals surface area (Å²) in [5.41, 5.74) is 1.03. The molecule has 1 aromatic carbocycles. The molecule has 2 aromatic rings. The summed E-state index contributed by atoms with van der Waals surface area (Å²) >= 11 is 3.82. The number of halogens is 1. The van der Waals surface area contributed by atoms with Gasteiger partial charge < -0.3 is 0 Å². The second kappa shape index (κ2) is 3.57. The second-order valence-corrected chi connectivity index (χ2v) is 5.35. The summed E-state index contributed by atoms with van der Waals surface area (Å²) in [6.45, 7) is 0. The van der Waals surface area contributed by atoms with Gasteiger partial charge in [0.2, 0.25) is 0 Å². The van der Waals surface area contributed by atoms with Gasteiger partial charge in [-0.2, -0.15) is 0 Å². The van der Waals surface area contributed by atoms with E-state index in [4.69, 9.17) is 0 Å². The van der Waals surface area contributed by atoms with Gasteiger partial charge in [0.05, 0.1) is 0 Å². The van der Waals surface area contributed by atoms with E-state index < -0.39 is 4.92 Å². The number of rotatable bonds is 1. The van der Waals surface area contributed by atoms with E-state index in [-0.39, 0.29) is 5.69 Å². The summed E-state index contributed by atoms with van der Waals surface area (Å²) in [6, 6.07) is 4.76. The van der Waals surface area contributed by atoms with Crippen molar-refractivity contribution in [3.8, 4) is 0 Å². The topological polar surface area (TPSA) is 61.0 Å². The van der Waals surface area contributed by atoms with Crippen LogP contribution < -0.4 is 0 Å². The molecule has 5 nitrogen and oxygen atoms in total. The van der Waals surface area contributed by atoms with Crippen LogP contribution in [0.4, 0.5) is 5.69 Å². The molecule has 0 aliphatic carbocycles. The zero-order valence-electron chi connectivity index (χ0n) is 6.85. The second-order valence-electron chi connectivity index (χ2n) is 2.69. The van der Waals surface area contributed by atoms with E-state index in [0.717, 1.165) is 10.9 Å². The first-order valence-corrected chi connectivity index (χ1v) is 6.47. The van der Waals surface area contributed by atoms with Crippen LogP contribution >= 0.6 is 15.9 Å². The van der Waals surface area contributed by atoms with E-state index in [1.165, 1.54) is 12.1 Å². The van der Waals surface area contributed by atoms with Crippen LogP contribution in [-0.4, -0.2) is 38.6 Å². The monoisotopic (exact) mass is 445 g/mol. The predicted molar refractivity (Wildman–Crippen MR) is 55.2 cm³/mol. The molecule has 1 aromatic heterocycles. The van der Waals surface area contributed by atoms with E-state index in [9.17, 15) is 10.1 Å². The molecule has 0 atom stereocenters. The summed E-state index contributed by atoms with van der Waals surface area (Å²) in [4.78, 5) is 10.1. The van der Waals surface area contributed by atoms with E-state index in [1.54, 1.807) is 6.07 Å². The summed E-state index contributed by atoms with van der Waals surface area (Å²) in [7, 11) is 0. The minimum absolute atomic E-state index is 0.0937. The fraction of sp³-hybridized carbons (Fsp3) is 0. The molecule has 7 heteroatoms. The fourth-order valence-electron chi connectivity index (χ4n) is 1.20. The van der Waals surface area contributed by atoms with Crippen molar-refractivity contribution >= 4 is 58.6 Å². The van der Waals surface area contributed by atoms with Gasteiger partial charge in [-0.05, 0) is 0 Å². The first kappa shape index (κ1) is 10.0. The van der Waals surface area contributed by atoms with Gasteiger partial charge in [0, 0.05) is 0 Å². The van der Waals surface area contributed by atoms with Crippen molar-refractivity contribution in [3.05, 3.63) is 32.9 Å². The fourth-order valence-corrected chi connectivity index (χ4v) is 3.67. The zero-order valence-corrected chi connectivity index (χ0v) is 12.9. The Labute approximate surface area is 103 Å². The minimum atomic E-state index is -0.404. The number of hydrogen-bond acceptors (Lipinski definition) is 3. The van der Waals surface area contributed by atoms with Crippen molar-refractivity contribution in [1.29, 1.82) is 0 Å². The average Bonchev–Trinajstić information content (AvgIpc) is 2.42. The van der Waals surface area contributed by atoms with Gasteiger partial charge in [-0.15, -0.1) is 0 Å².